The number of nitrogens with one attached hydrogen (secondary N) is 2. The SMILES string of the molecule is CC(C)COCCCNC(=O)Nc1cc(F)ccc1OC(C)C. The van der Waals surface area contributed by atoms with E-state index in [4.69, 9.17) is 9.47 Å². The fourth-order valence-corrected chi connectivity index (χ4v) is 1.82. The number of urea groups is 1. The maximum absolute atomic E-state index is 13.3. The molecule has 0 fully saturated rings. The molecule has 0 saturated heterocycles. The number of carbonyl (C=O) groups is 1. The van der Waals surface area contributed by atoms with E-state index < -0.39 is 11.8 Å². The molecule has 2 N–H and O–H groups in total. The number of hydrogen-bond donors (Lipinski definition) is 2. The second kappa shape index (κ2) is 10.0. The first-order chi connectivity index (χ1) is 10.9. The number of rotatable bonds is 9. The normalized spacial score (nSPS) is 10.9. The average molecular weight is 326 g/mol. The Bertz CT molecular complexity index is 493. The second-order valence-corrected chi connectivity index (χ2v) is 6.01. The van der Waals surface area contributed by atoms with E-state index in [-0.39, 0.29) is 6.10 Å². The lowest BCUT2D eigenvalue weighted by atomic mass is 10.2. The molecule has 0 heterocycles. The van der Waals surface area contributed by atoms with Crippen LogP contribution in [0, 0.1) is 11.7 Å². The van der Waals surface area contributed by atoms with Crippen molar-refractivity contribution in [2.45, 2.75) is 40.2 Å². The fraction of sp³-hybridized carbons (Fsp3) is 0.588. The first-order valence-corrected chi connectivity index (χ1v) is 7.97. The molecule has 130 valence electrons. The molecule has 0 atom stereocenters. The van der Waals surface area contributed by atoms with Crippen LogP contribution in [0.2, 0.25) is 0 Å². The average Bonchev–Trinajstić information content (AvgIpc) is 2.45. The Morgan fingerprint density at radius 2 is 2.00 bits per heavy atom. The minimum absolute atomic E-state index is 0.0674. The summed E-state index contributed by atoms with van der Waals surface area (Å²) < 4.78 is 24.3. The van der Waals surface area contributed by atoms with Gasteiger partial charge in [-0.05, 0) is 38.3 Å². The zero-order valence-corrected chi connectivity index (χ0v) is 14.3. The van der Waals surface area contributed by atoms with Crippen LogP contribution in [0.15, 0.2) is 18.2 Å². The van der Waals surface area contributed by atoms with Gasteiger partial charge in [0, 0.05) is 25.8 Å². The fourth-order valence-electron chi connectivity index (χ4n) is 1.82. The van der Waals surface area contributed by atoms with Crippen LogP contribution in [0.1, 0.15) is 34.1 Å². The van der Waals surface area contributed by atoms with Crippen LogP contribution in [0.25, 0.3) is 0 Å². The smallest absolute Gasteiger partial charge is 0.319 e. The van der Waals surface area contributed by atoms with Gasteiger partial charge in [-0.3, -0.25) is 0 Å². The van der Waals surface area contributed by atoms with Crippen molar-refractivity contribution >= 4 is 11.7 Å². The van der Waals surface area contributed by atoms with Crippen LogP contribution < -0.4 is 15.4 Å². The topological polar surface area (TPSA) is 59.6 Å². The molecule has 0 aliphatic carbocycles. The minimum atomic E-state index is -0.432. The number of hydrogen-bond acceptors (Lipinski definition) is 3. The zero-order valence-electron chi connectivity index (χ0n) is 14.3. The molecule has 0 aliphatic heterocycles. The van der Waals surface area contributed by atoms with Crippen molar-refractivity contribution in [3.8, 4) is 5.75 Å². The first kappa shape index (κ1) is 19.2. The molecular formula is C17H27FN2O3. The van der Waals surface area contributed by atoms with Crippen LogP contribution in [-0.4, -0.2) is 31.9 Å². The molecule has 0 spiro atoms. The summed E-state index contributed by atoms with van der Waals surface area (Å²) in [6.07, 6.45) is 0.653. The van der Waals surface area contributed by atoms with E-state index in [1.165, 1.54) is 18.2 Å². The van der Waals surface area contributed by atoms with Gasteiger partial charge in [0.1, 0.15) is 11.6 Å². The summed E-state index contributed by atoms with van der Waals surface area (Å²) in [5, 5.41) is 5.32. The summed E-state index contributed by atoms with van der Waals surface area (Å²) in [5.41, 5.74) is 0.312. The minimum Gasteiger partial charge on any atom is -0.489 e. The highest BCUT2D eigenvalue weighted by Gasteiger charge is 2.10. The van der Waals surface area contributed by atoms with E-state index in [0.717, 1.165) is 6.42 Å². The summed E-state index contributed by atoms with van der Waals surface area (Å²) in [6.45, 7) is 9.70. The third-order valence-corrected chi connectivity index (χ3v) is 2.75. The Morgan fingerprint density at radius 1 is 1.26 bits per heavy atom. The van der Waals surface area contributed by atoms with E-state index in [1.54, 1.807) is 0 Å². The third kappa shape index (κ3) is 8.40. The molecule has 1 aromatic carbocycles. The molecular weight excluding hydrogens is 299 g/mol. The maximum atomic E-state index is 13.3. The van der Waals surface area contributed by atoms with Crippen molar-refractivity contribution in [3.05, 3.63) is 24.0 Å². The number of benzene rings is 1. The van der Waals surface area contributed by atoms with E-state index in [9.17, 15) is 9.18 Å². The molecule has 2 amide bonds. The number of amides is 2. The van der Waals surface area contributed by atoms with Crippen molar-refractivity contribution in [2.24, 2.45) is 5.92 Å². The predicted molar refractivity (Wildman–Crippen MR) is 89.5 cm³/mol. The molecule has 6 heteroatoms. The summed E-state index contributed by atoms with van der Waals surface area (Å²) in [5.74, 6) is 0.508. The van der Waals surface area contributed by atoms with Crippen LogP contribution in [0.4, 0.5) is 14.9 Å². The quantitative estimate of drug-likeness (QED) is 0.679. The monoisotopic (exact) mass is 326 g/mol. The summed E-state index contributed by atoms with van der Waals surface area (Å²) in [4.78, 5) is 11.9. The van der Waals surface area contributed by atoms with Gasteiger partial charge in [-0.2, -0.15) is 0 Å². The summed E-state index contributed by atoms with van der Waals surface area (Å²) >= 11 is 0. The van der Waals surface area contributed by atoms with Gasteiger partial charge in [-0.25, -0.2) is 9.18 Å². The van der Waals surface area contributed by atoms with Gasteiger partial charge in [0.25, 0.3) is 0 Å². The number of anilines is 1. The molecule has 23 heavy (non-hydrogen) atoms. The van der Waals surface area contributed by atoms with Gasteiger partial charge in [0.15, 0.2) is 0 Å². The molecule has 1 rings (SSSR count). The van der Waals surface area contributed by atoms with Crippen LogP contribution in [-0.2, 0) is 4.74 Å². The van der Waals surface area contributed by atoms with Gasteiger partial charge >= 0.3 is 6.03 Å². The molecule has 5 nitrogen and oxygen atoms in total. The van der Waals surface area contributed by atoms with Gasteiger partial charge in [0.05, 0.1) is 11.8 Å². The van der Waals surface area contributed by atoms with E-state index in [1.807, 2.05) is 13.8 Å². The van der Waals surface area contributed by atoms with Crippen molar-refractivity contribution < 1.29 is 18.7 Å². The third-order valence-electron chi connectivity index (χ3n) is 2.75. The molecule has 0 saturated carbocycles. The number of carbonyl (C=O) groups excluding carboxylic acids is 1. The Balaban J connectivity index is 2.40. The Morgan fingerprint density at radius 3 is 2.65 bits per heavy atom. The lowest BCUT2D eigenvalue weighted by Gasteiger charge is -2.15. The van der Waals surface area contributed by atoms with Gasteiger partial charge in [0.2, 0.25) is 0 Å². The Labute approximate surface area is 137 Å². The van der Waals surface area contributed by atoms with Crippen molar-refractivity contribution in [3.63, 3.8) is 0 Å². The molecule has 1 aromatic rings. The second-order valence-electron chi connectivity index (χ2n) is 6.01. The van der Waals surface area contributed by atoms with Gasteiger partial charge in [-0.15, -0.1) is 0 Å². The lowest BCUT2D eigenvalue weighted by molar-refractivity contribution is 0.108. The largest absolute Gasteiger partial charge is 0.489 e. The Kier molecular flexibility index (Phi) is 8.40. The van der Waals surface area contributed by atoms with Crippen molar-refractivity contribution in [2.75, 3.05) is 25.1 Å². The van der Waals surface area contributed by atoms with Crippen molar-refractivity contribution in [1.82, 2.24) is 5.32 Å². The summed E-state index contributed by atoms with van der Waals surface area (Å²) in [7, 11) is 0. The molecule has 0 aromatic heterocycles. The van der Waals surface area contributed by atoms with E-state index in [0.29, 0.717) is 37.1 Å². The molecule has 0 unspecified atom stereocenters. The van der Waals surface area contributed by atoms with Crippen LogP contribution in [0.3, 0.4) is 0 Å². The Hall–Kier alpha value is -1.82. The van der Waals surface area contributed by atoms with E-state index in [2.05, 4.69) is 24.5 Å². The zero-order chi connectivity index (χ0) is 17.2. The first-order valence-electron chi connectivity index (χ1n) is 7.97. The lowest BCUT2D eigenvalue weighted by Crippen LogP contribution is -2.30. The predicted octanol–water partition coefficient (Wildman–Crippen LogP) is 3.80. The van der Waals surface area contributed by atoms with Crippen LogP contribution >= 0.6 is 0 Å². The highest BCUT2D eigenvalue weighted by atomic mass is 19.1. The standard InChI is InChI=1S/C17H27FN2O3/c1-12(2)11-22-9-5-8-19-17(21)20-15-10-14(18)6-7-16(15)23-13(3)4/h6-7,10,12-13H,5,8-9,11H2,1-4H3,(H2,19,20,21). The number of halogens is 1. The van der Waals surface area contributed by atoms with Crippen LogP contribution in [0.5, 0.6) is 5.75 Å². The highest BCUT2D eigenvalue weighted by Crippen LogP contribution is 2.26. The van der Waals surface area contributed by atoms with Gasteiger partial charge in [-0.1, -0.05) is 13.8 Å². The molecule has 0 aliphatic rings. The molecule has 0 bridgehead atoms. The van der Waals surface area contributed by atoms with E-state index >= 15 is 0 Å². The summed E-state index contributed by atoms with van der Waals surface area (Å²) in [6, 6.07) is 3.65. The van der Waals surface area contributed by atoms with Crippen molar-refractivity contribution in [1.29, 1.82) is 0 Å². The number of ether oxygens (including phenoxy) is 2. The highest BCUT2D eigenvalue weighted by molar-refractivity contribution is 5.90. The molecule has 0 radical (unpaired) electrons. The maximum Gasteiger partial charge on any atom is 0.319 e. The van der Waals surface area contributed by atoms with Gasteiger partial charge < -0.3 is 20.1 Å².